The molecule has 1 aliphatic rings. The van der Waals surface area contributed by atoms with Crippen molar-refractivity contribution < 1.29 is 14.3 Å². The smallest absolute Gasteiger partial charge is 0.256 e. The van der Waals surface area contributed by atoms with Crippen molar-refractivity contribution in [1.82, 2.24) is 0 Å². The fourth-order valence-electron chi connectivity index (χ4n) is 2.30. The third-order valence-electron chi connectivity index (χ3n) is 3.66. The summed E-state index contributed by atoms with van der Waals surface area (Å²) >= 11 is 6.06. The van der Waals surface area contributed by atoms with Gasteiger partial charge in [0.05, 0.1) is 12.1 Å². The summed E-state index contributed by atoms with van der Waals surface area (Å²) in [6.45, 7) is 4.27. The van der Waals surface area contributed by atoms with Crippen LogP contribution in [0.25, 0.3) is 0 Å². The van der Waals surface area contributed by atoms with Crippen molar-refractivity contribution in [2.24, 2.45) is 5.92 Å². The van der Waals surface area contributed by atoms with Crippen molar-refractivity contribution in [2.45, 2.75) is 32.3 Å². The average molecular weight is 298 g/mol. The van der Waals surface area contributed by atoms with Crippen LogP contribution in [0.1, 0.15) is 26.7 Å². The first-order valence-electron chi connectivity index (χ1n) is 6.80. The molecule has 1 aromatic rings. The van der Waals surface area contributed by atoms with Crippen molar-refractivity contribution in [1.29, 1.82) is 0 Å². The molecule has 1 aliphatic carbocycles. The lowest BCUT2D eigenvalue weighted by molar-refractivity contribution is -0.141. The highest BCUT2D eigenvalue weighted by Gasteiger charge is 2.48. The molecule has 0 heterocycles. The summed E-state index contributed by atoms with van der Waals surface area (Å²) < 4.78 is 10.8. The molecule has 1 amide bonds. The molecule has 0 aliphatic heterocycles. The lowest BCUT2D eigenvalue weighted by Gasteiger charge is -2.28. The quantitative estimate of drug-likeness (QED) is 0.874. The van der Waals surface area contributed by atoms with E-state index < -0.39 is 5.60 Å². The van der Waals surface area contributed by atoms with Crippen LogP contribution < -0.4 is 10.1 Å². The minimum Gasteiger partial charge on any atom is -0.495 e. The van der Waals surface area contributed by atoms with Crippen LogP contribution in [-0.2, 0) is 9.53 Å². The largest absolute Gasteiger partial charge is 0.495 e. The molecule has 4 nitrogen and oxygen atoms in total. The summed E-state index contributed by atoms with van der Waals surface area (Å²) in [6.07, 6.45) is 2.07. The summed E-state index contributed by atoms with van der Waals surface area (Å²) in [5, 5.41) is 3.34. The summed E-state index contributed by atoms with van der Waals surface area (Å²) in [6, 6.07) is 5.17. The van der Waals surface area contributed by atoms with Gasteiger partial charge in [0.2, 0.25) is 0 Å². The SMILES string of the molecule is CCO[C@](C)(C(=O)Nc1ccc(OC)c(Cl)c1)C1CC1. The molecule has 1 fully saturated rings. The highest BCUT2D eigenvalue weighted by atomic mass is 35.5. The number of ether oxygens (including phenoxy) is 2. The molecular formula is C15H20ClNO3. The molecule has 0 bridgehead atoms. The van der Waals surface area contributed by atoms with E-state index in [1.807, 2.05) is 13.8 Å². The van der Waals surface area contributed by atoms with E-state index in [1.54, 1.807) is 25.3 Å². The first-order valence-corrected chi connectivity index (χ1v) is 7.18. The van der Waals surface area contributed by atoms with Gasteiger partial charge in [-0.2, -0.15) is 0 Å². The van der Waals surface area contributed by atoms with Gasteiger partial charge in [-0.3, -0.25) is 4.79 Å². The highest BCUT2D eigenvalue weighted by Crippen LogP contribution is 2.42. The Hall–Kier alpha value is -1.26. The molecule has 110 valence electrons. The van der Waals surface area contributed by atoms with Gasteiger partial charge >= 0.3 is 0 Å². The van der Waals surface area contributed by atoms with Crippen molar-refractivity contribution in [2.75, 3.05) is 19.0 Å². The fourth-order valence-corrected chi connectivity index (χ4v) is 2.56. The average Bonchev–Trinajstić information content (AvgIpc) is 3.23. The normalized spacial score (nSPS) is 17.4. The second kappa shape index (κ2) is 6.02. The molecule has 20 heavy (non-hydrogen) atoms. The molecule has 0 saturated heterocycles. The number of hydrogen-bond donors (Lipinski definition) is 1. The van der Waals surface area contributed by atoms with E-state index in [4.69, 9.17) is 21.1 Å². The maximum atomic E-state index is 12.5. The predicted octanol–water partition coefficient (Wildman–Crippen LogP) is 3.49. The number of rotatable bonds is 6. The Morgan fingerprint density at radius 2 is 2.20 bits per heavy atom. The maximum Gasteiger partial charge on any atom is 0.256 e. The van der Waals surface area contributed by atoms with Gasteiger partial charge in [-0.15, -0.1) is 0 Å². The first-order chi connectivity index (χ1) is 9.51. The Morgan fingerprint density at radius 1 is 1.50 bits per heavy atom. The van der Waals surface area contributed by atoms with E-state index >= 15 is 0 Å². The van der Waals surface area contributed by atoms with Crippen molar-refractivity contribution >= 4 is 23.2 Å². The Balaban J connectivity index is 2.12. The van der Waals surface area contributed by atoms with Gasteiger partial charge < -0.3 is 14.8 Å². The number of hydrogen-bond acceptors (Lipinski definition) is 3. The maximum absolute atomic E-state index is 12.5. The monoisotopic (exact) mass is 297 g/mol. The van der Waals surface area contributed by atoms with Crippen LogP contribution in [0.3, 0.4) is 0 Å². The zero-order valence-electron chi connectivity index (χ0n) is 12.0. The Bertz CT molecular complexity index is 502. The van der Waals surface area contributed by atoms with Crippen LogP contribution in [-0.4, -0.2) is 25.2 Å². The van der Waals surface area contributed by atoms with Gasteiger partial charge in [0.25, 0.3) is 5.91 Å². The van der Waals surface area contributed by atoms with E-state index in [1.165, 1.54) is 0 Å². The molecular weight excluding hydrogens is 278 g/mol. The van der Waals surface area contributed by atoms with Gasteiger partial charge in [-0.25, -0.2) is 0 Å². The minimum atomic E-state index is -0.763. The lowest BCUT2D eigenvalue weighted by atomic mass is 9.99. The number of anilines is 1. The Kier molecular flexibility index (Phi) is 4.55. The molecule has 0 aromatic heterocycles. The number of carbonyl (C=O) groups excluding carboxylic acids is 1. The highest BCUT2D eigenvalue weighted by molar-refractivity contribution is 6.32. The van der Waals surface area contributed by atoms with Gasteiger partial charge in [0, 0.05) is 12.3 Å². The first kappa shape index (κ1) is 15.1. The van der Waals surface area contributed by atoms with Crippen LogP contribution >= 0.6 is 11.6 Å². The predicted molar refractivity (Wildman–Crippen MR) is 79.4 cm³/mol. The molecule has 1 aromatic carbocycles. The van der Waals surface area contributed by atoms with E-state index in [-0.39, 0.29) is 5.91 Å². The van der Waals surface area contributed by atoms with Gasteiger partial charge in [-0.1, -0.05) is 11.6 Å². The summed E-state index contributed by atoms with van der Waals surface area (Å²) in [5.74, 6) is 0.763. The number of amides is 1. The van der Waals surface area contributed by atoms with Gasteiger partial charge in [0.15, 0.2) is 0 Å². The fraction of sp³-hybridized carbons (Fsp3) is 0.533. The third-order valence-corrected chi connectivity index (χ3v) is 3.96. The summed E-state index contributed by atoms with van der Waals surface area (Å²) in [5.41, 5.74) is -0.117. The van der Waals surface area contributed by atoms with Gasteiger partial charge in [-0.05, 0) is 50.8 Å². The molecule has 0 radical (unpaired) electrons. The van der Waals surface area contributed by atoms with E-state index in [0.717, 1.165) is 12.8 Å². The Morgan fingerprint density at radius 3 is 2.70 bits per heavy atom. The van der Waals surface area contributed by atoms with Crippen molar-refractivity contribution in [3.05, 3.63) is 23.2 Å². The zero-order chi connectivity index (χ0) is 14.8. The molecule has 1 N–H and O–H groups in total. The molecule has 0 unspecified atom stereocenters. The minimum absolute atomic E-state index is 0.122. The zero-order valence-corrected chi connectivity index (χ0v) is 12.8. The molecule has 2 rings (SSSR count). The van der Waals surface area contributed by atoms with Crippen LogP contribution in [0.2, 0.25) is 5.02 Å². The lowest BCUT2D eigenvalue weighted by Crippen LogP contribution is -2.44. The summed E-state index contributed by atoms with van der Waals surface area (Å²) in [4.78, 5) is 12.5. The number of nitrogens with one attached hydrogen (secondary N) is 1. The molecule has 1 atom stereocenters. The van der Waals surface area contributed by atoms with Crippen LogP contribution in [0.4, 0.5) is 5.69 Å². The van der Waals surface area contributed by atoms with E-state index in [2.05, 4.69) is 5.32 Å². The number of carbonyl (C=O) groups is 1. The van der Waals surface area contributed by atoms with Crippen molar-refractivity contribution in [3.63, 3.8) is 0 Å². The topological polar surface area (TPSA) is 47.6 Å². The second-order valence-electron chi connectivity index (χ2n) is 5.12. The number of halogens is 1. The number of methoxy groups -OCH3 is 1. The standard InChI is InChI=1S/C15H20ClNO3/c1-4-20-15(2,10-5-6-10)14(18)17-11-7-8-13(19-3)12(16)9-11/h7-10H,4-6H2,1-3H3,(H,17,18)/t15-/m0/s1. The van der Waals surface area contributed by atoms with Crippen LogP contribution in [0, 0.1) is 5.92 Å². The van der Waals surface area contributed by atoms with Gasteiger partial charge in [0.1, 0.15) is 11.4 Å². The van der Waals surface area contributed by atoms with Crippen LogP contribution in [0.5, 0.6) is 5.75 Å². The number of benzene rings is 1. The van der Waals surface area contributed by atoms with E-state index in [0.29, 0.717) is 29.0 Å². The molecule has 0 spiro atoms. The summed E-state index contributed by atoms with van der Waals surface area (Å²) in [7, 11) is 1.55. The Labute approximate surface area is 124 Å². The van der Waals surface area contributed by atoms with Crippen molar-refractivity contribution in [3.8, 4) is 5.75 Å². The third kappa shape index (κ3) is 3.07. The van der Waals surface area contributed by atoms with E-state index in [9.17, 15) is 4.79 Å². The molecule has 1 saturated carbocycles. The second-order valence-corrected chi connectivity index (χ2v) is 5.52. The van der Waals surface area contributed by atoms with Crippen LogP contribution in [0.15, 0.2) is 18.2 Å². The molecule has 5 heteroatoms.